The molecule has 14 heteroatoms. The van der Waals surface area contributed by atoms with Gasteiger partial charge in [-0.25, -0.2) is 4.79 Å². The molecular weight excluding hydrogens is 361 g/mol. The molecule has 1 amide bonds. The average molecular weight is 384 g/mol. The molecule has 1 aliphatic rings. The van der Waals surface area contributed by atoms with Crippen LogP contribution < -0.4 is 0 Å². The van der Waals surface area contributed by atoms with Crippen LogP contribution in [-0.2, 0) is 4.74 Å². The molecule has 0 aliphatic carbocycles. The molecule has 1 fully saturated rings. The van der Waals surface area contributed by atoms with Gasteiger partial charge in [0.25, 0.3) is 5.50 Å². The lowest BCUT2D eigenvalue weighted by molar-refractivity contribution is -0.331. The van der Waals surface area contributed by atoms with Crippen LogP contribution in [-0.4, -0.2) is 95.0 Å². The number of piperazine rings is 1. The second kappa shape index (κ2) is 6.60. The third-order valence-corrected chi connectivity index (χ3v) is 4.67. The maximum atomic E-state index is 13.0. The van der Waals surface area contributed by atoms with E-state index < -0.39 is 35.2 Å². The Kier molecular flexibility index (Phi) is 5.86. The lowest BCUT2D eigenvalue weighted by atomic mass is 9.57. The van der Waals surface area contributed by atoms with E-state index in [1.54, 1.807) is 23.5 Å². The van der Waals surface area contributed by atoms with Gasteiger partial charge >= 0.3 is 18.4 Å². The second-order valence-corrected chi connectivity index (χ2v) is 8.48. The van der Waals surface area contributed by atoms with Crippen LogP contribution in [0.3, 0.4) is 0 Å². The van der Waals surface area contributed by atoms with Gasteiger partial charge in [-0.2, -0.15) is 26.3 Å². The summed E-state index contributed by atoms with van der Waals surface area (Å²) in [6, 6.07) is 0. The van der Waals surface area contributed by atoms with Crippen LogP contribution in [0.4, 0.5) is 31.1 Å². The SMILES string of the molecule is BC1CN(C(C)(C)C)CC(B)(B)N1C(=O)OC(B)(C(F)(F)F)C(F)(F)F. The summed E-state index contributed by atoms with van der Waals surface area (Å²) in [7, 11) is 4.57. The highest BCUT2D eigenvalue weighted by molar-refractivity contribution is 6.41. The fourth-order valence-corrected chi connectivity index (χ4v) is 3.04. The molecule has 4 nitrogen and oxygen atoms in total. The predicted molar refractivity (Wildman–Crippen MR) is 95.2 cm³/mol. The number of carbonyl (C=O) groups is 1. The van der Waals surface area contributed by atoms with Crippen molar-refractivity contribution in [3.8, 4) is 0 Å². The zero-order chi connectivity index (χ0) is 20.9. The van der Waals surface area contributed by atoms with Gasteiger partial charge in [-0.1, -0.05) is 0 Å². The van der Waals surface area contributed by atoms with Gasteiger partial charge in [-0.05, 0) is 26.1 Å². The molecule has 1 atom stereocenters. The van der Waals surface area contributed by atoms with E-state index >= 15 is 0 Å². The average Bonchev–Trinajstić information content (AvgIpc) is 2.32. The molecule has 0 radical (unpaired) electrons. The highest BCUT2D eigenvalue weighted by atomic mass is 19.4. The highest BCUT2D eigenvalue weighted by Gasteiger charge is 2.71. The zero-order valence-electron chi connectivity index (χ0n) is 16.0. The summed E-state index contributed by atoms with van der Waals surface area (Å²) in [6.45, 7) is 6.40. The van der Waals surface area contributed by atoms with Crippen LogP contribution in [0.5, 0.6) is 0 Å². The first-order valence-corrected chi connectivity index (χ1v) is 8.15. The van der Waals surface area contributed by atoms with Gasteiger partial charge in [0.15, 0.2) is 7.85 Å². The van der Waals surface area contributed by atoms with Crippen LogP contribution in [0, 0.1) is 0 Å². The molecule has 0 N–H and O–H groups in total. The molecule has 0 aromatic rings. The van der Waals surface area contributed by atoms with Crippen molar-refractivity contribution in [2.24, 2.45) is 0 Å². The van der Waals surface area contributed by atoms with Crippen molar-refractivity contribution in [2.45, 2.75) is 55.4 Å². The fraction of sp³-hybridized carbons (Fsp3) is 0.917. The standard InChI is InChI=1S/C12H22B4F6N2O2/c1-8(2,3)23-4-6(13)24(9(14,15)5-23)7(25)26-10(16,11(17,18)19)12(20,21)22/h6H,4-5,13-16H2,1-3H3. The third kappa shape index (κ3) is 4.31. The molecule has 146 valence electrons. The lowest BCUT2D eigenvalue weighted by Crippen LogP contribution is -2.73. The summed E-state index contributed by atoms with van der Waals surface area (Å²) >= 11 is 0. The van der Waals surface area contributed by atoms with Gasteiger partial charge in [0.2, 0.25) is 0 Å². The molecule has 0 aromatic heterocycles. The van der Waals surface area contributed by atoms with Crippen molar-refractivity contribution >= 4 is 37.5 Å². The minimum atomic E-state index is -5.79. The molecule has 0 spiro atoms. The van der Waals surface area contributed by atoms with Crippen LogP contribution in [0.15, 0.2) is 0 Å². The first-order chi connectivity index (χ1) is 11.2. The molecule has 0 bridgehead atoms. The number of halogens is 6. The maximum absolute atomic E-state index is 13.0. The smallest absolute Gasteiger partial charge is 0.428 e. The summed E-state index contributed by atoms with van der Waals surface area (Å²) in [5.74, 6) is -0.629. The second-order valence-electron chi connectivity index (χ2n) is 8.48. The molecule has 0 saturated carbocycles. The quantitative estimate of drug-likeness (QED) is 0.425. The zero-order valence-corrected chi connectivity index (χ0v) is 16.0. The number of ether oxygens (including phenoxy) is 1. The number of hydrogen-bond acceptors (Lipinski definition) is 3. The van der Waals surface area contributed by atoms with Gasteiger partial charge in [0.1, 0.15) is 23.5 Å². The van der Waals surface area contributed by atoms with E-state index in [0.717, 1.165) is 4.90 Å². The number of alkyl halides is 6. The Hall–Kier alpha value is -0.930. The summed E-state index contributed by atoms with van der Waals surface area (Å²) in [4.78, 5) is 15.4. The normalized spacial score (nSPS) is 23.0. The molecule has 1 aliphatic heterocycles. The van der Waals surface area contributed by atoms with Gasteiger partial charge < -0.3 is 9.64 Å². The lowest BCUT2D eigenvalue weighted by Gasteiger charge is -2.55. The largest absolute Gasteiger partial charge is 0.433 e. The van der Waals surface area contributed by atoms with Crippen molar-refractivity contribution in [1.29, 1.82) is 0 Å². The molecule has 1 rings (SSSR count). The summed E-state index contributed by atoms with van der Waals surface area (Å²) in [5.41, 5.74) is -4.85. The Morgan fingerprint density at radius 2 is 1.50 bits per heavy atom. The molecule has 1 unspecified atom stereocenters. The Labute approximate surface area is 152 Å². The van der Waals surface area contributed by atoms with E-state index in [1.807, 2.05) is 25.7 Å². The predicted octanol–water partition coefficient (Wildman–Crippen LogP) is -1.13. The van der Waals surface area contributed by atoms with Crippen molar-refractivity contribution < 1.29 is 35.9 Å². The van der Waals surface area contributed by atoms with Gasteiger partial charge in [0, 0.05) is 24.6 Å². The molecule has 26 heavy (non-hydrogen) atoms. The minimum absolute atomic E-state index is 0.173. The van der Waals surface area contributed by atoms with Crippen LogP contribution >= 0.6 is 0 Å². The number of hydrogen-bond donors (Lipinski definition) is 0. The van der Waals surface area contributed by atoms with E-state index in [4.69, 9.17) is 0 Å². The van der Waals surface area contributed by atoms with E-state index in [0.29, 0.717) is 6.54 Å². The van der Waals surface area contributed by atoms with E-state index in [9.17, 15) is 31.1 Å². The van der Waals surface area contributed by atoms with Crippen LogP contribution in [0.25, 0.3) is 0 Å². The number of rotatable bonds is 1. The molecular formula is C12H22B4F6N2O2. The summed E-state index contributed by atoms with van der Waals surface area (Å²) < 4.78 is 82.1. The summed E-state index contributed by atoms with van der Waals surface area (Å²) in [6.07, 6.45) is -13.2. The van der Waals surface area contributed by atoms with E-state index in [2.05, 4.69) is 4.74 Å². The Morgan fingerprint density at radius 1 is 1.08 bits per heavy atom. The first kappa shape index (κ1) is 23.1. The number of carbonyl (C=O) groups excluding carboxylic acids is 1. The highest BCUT2D eigenvalue weighted by Crippen LogP contribution is 2.44. The molecule has 0 aromatic carbocycles. The first-order valence-electron chi connectivity index (χ1n) is 8.15. The topological polar surface area (TPSA) is 32.8 Å². The Balaban J connectivity index is 3.17. The van der Waals surface area contributed by atoms with Crippen molar-refractivity contribution in [2.75, 3.05) is 13.1 Å². The van der Waals surface area contributed by atoms with Crippen molar-refractivity contribution in [1.82, 2.24) is 9.80 Å². The van der Waals surface area contributed by atoms with Gasteiger partial charge in [0.05, 0.1) is 0 Å². The van der Waals surface area contributed by atoms with E-state index in [-0.39, 0.29) is 19.9 Å². The number of amides is 1. The monoisotopic (exact) mass is 384 g/mol. The molecule has 1 heterocycles. The van der Waals surface area contributed by atoms with Crippen LogP contribution in [0.1, 0.15) is 20.8 Å². The van der Waals surface area contributed by atoms with Crippen molar-refractivity contribution in [3.05, 3.63) is 0 Å². The van der Waals surface area contributed by atoms with E-state index in [1.165, 1.54) is 0 Å². The minimum Gasteiger partial charge on any atom is -0.433 e. The van der Waals surface area contributed by atoms with Crippen molar-refractivity contribution in [3.63, 3.8) is 0 Å². The van der Waals surface area contributed by atoms with Crippen LogP contribution in [0.2, 0.25) is 0 Å². The third-order valence-electron chi connectivity index (χ3n) is 4.67. The Bertz CT molecular complexity index is 535. The van der Waals surface area contributed by atoms with Gasteiger partial charge in [-0.3, -0.25) is 4.90 Å². The summed E-state index contributed by atoms with van der Waals surface area (Å²) in [5, 5.41) is -1.01. The van der Waals surface area contributed by atoms with Gasteiger partial charge in [-0.15, -0.1) is 0 Å². The Morgan fingerprint density at radius 3 is 1.81 bits per heavy atom. The molecule has 1 saturated heterocycles. The fourth-order valence-electron chi connectivity index (χ4n) is 3.04. The number of nitrogens with zero attached hydrogens (tertiary/aromatic N) is 2. The maximum Gasteiger partial charge on any atom is 0.428 e.